The van der Waals surface area contributed by atoms with Gasteiger partial charge in [-0.05, 0) is 38.6 Å². The van der Waals surface area contributed by atoms with Crippen LogP contribution in [-0.4, -0.2) is 7.05 Å². The fourth-order valence-electron chi connectivity index (χ4n) is 2.23. The minimum absolute atomic E-state index is 0.305. The van der Waals surface area contributed by atoms with E-state index in [1.165, 1.54) is 16.7 Å². The first-order chi connectivity index (χ1) is 8.19. The molecule has 90 valence electrons. The van der Waals surface area contributed by atoms with Crippen molar-refractivity contribution in [3.63, 3.8) is 0 Å². The summed E-state index contributed by atoms with van der Waals surface area (Å²) < 4.78 is 5.41. The van der Waals surface area contributed by atoms with Gasteiger partial charge < -0.3 is 9.73 Å². The molecule has 0 saturated heterocycles. The van der Waals surface area contributed by atoms with E-state index in [0.717, 1.165) is 12.2 Å². The van der Waals surface area contributed by atoms with Crippen LogP contribution in [0.3, 0.4) is 0 Å². The number of hydrogen-bond donors (Lipinski definition) is 1. The van der Waals surface area contributed by atoms with Gasteiger partial charge in [0.15, 0.2) is 0 Å². The van der Waals surface area contributed by atoms with Crippen molar-refractivity contribution in [2.45, 2.75) is 26.3 Å². The molecule has 1 aromatic heterocycles. The quantitative estimate of drug-likeness (QED) is 0.869. The Morgan fingerprint density at radius 2 is 1.88 bits per heavy atom. The standard InChI is InChI=1S/C15H19NO/c1-11-7-12(2)9-13(8-11)15(16-3)10-14-5-4-6-17-14/h4-9,15-16H,10H2,1-3H3. The molecule has 2 rings (SSSR count). The van der Waals surface area contributed by atoms with Crippen molar-refractivity contribution in [1.82, 2.24) is 5.32 Å². The second-order valence-corrected chi connectivity index (χ2v) is 4.55. The van der Waals surface area contributed by atoms with Gasteiger partial charge in [0.1, 0.15) is 5.76 Å². The highest BCUT2D eigenvalue weighted by Gasteiger charge is 2.12. The average Bonchev–Trinajstić information content (AvgIpc) is 2.77. The van der Waals surface area contributed by atoms with Crippen LogP contribution >= 0.6 is 0 Å². The summed E-state index contributed by atoms with van der Waals surface area (Å²) in [7, 11) is 1.99. The molecule has 1 heterocycles. The van der Waals surface area contributed by atoms with E-state index in [1.807, 2.05) is 19.2 Å². The summed E-state index contributed by atoms with van der Waals surface area (Å²) in [5.74, 6) is 1.02. The Balaban J connectivity index is 2.22. The van der Waals surface area contributed by atoms with E-state index in [-0.39, 0.29) is 0 Å². The monoisotopic (exact) mass is 229 g/mol. The molecule has 2 heteroatoms. The van der Waals surface area contributed by atoms with Gasteiger partial charge in [-0.15, -0.1) is 0 Å². The smallest absolute Gasteiger partial charge is 0.105 e. The molecule has 0 aliphatic heterocycles. The van der Waals surface area contributed by atoms with Gasteiger partial charge in [0.05, 0.1) is 6.26 Å². The lowest BCUT2D eigenvalue weighted by molar-refractivity contribution is 0.466. The Kier molecular flexibility index (Phi) is 3.64. The van der Waals surface area contributed by atoms with E-state index in [2.05, 4.69) is 37.4 Å². The van der Waals surface area contributed by atoms with Gasteiger partial charge in [-0.1, -0.05) is 29.3 Å². The summed E-state index contributed by atoms with van der Waals surface area (Å²) in [4.78, 5) is 0. The van der Waals surface area contributed by atoms with Crippen LogP contribution in [0.4, 0.5) is 0 Å². The van der Waals surface area contributed by atoms with Crippen LogP contribution < -0.4 is 5.32 Å². The lowest BCUT2D eigenvalue weighted by Crippen LogP contribution is -2.18. The maximum absolute atomic E-state index is 5.41. The molecule has 0 bridgehead atoms. The molecular weight excluding hydrogens is 210 g/mol. The highest BCUT2D eigenvalue weighted by atomic mass is 16.3. The fraction of sp³-hybridized carbons (Fsp3) is 0.333. The van der Waals surface area contributed by atoms with Crippen molar-refractivity contribution in [2.24, 2.45) is 0 Å². The number of likely N-dealkylation sites (N-methyl/N-ethyl adjacent to an activating group) is 1. The van der Waals surface area contributed by atoms with Gasteiger partial charge in [0.25, 0.3) is 0 Å². The average molecular weight is 229 g/mol. The van der Waals surface area contributed by atoms with E-state index in [9.17, 15) is 0 Å². The first kappa shape index (κ1) is 11.9. The Bertz CT molecular complexity index is 453. The predicted octanol–water partition coefficient (Wildman–Crippen LogP) is 3.40. The lowest BCUT2D eigenvalue weighted by Gasteiger charge is -2.16. The van der Waals surface area contributed by atoms with Gasteiger partial charge >= 0.3 is 0 Å². The van der Waals surface area contributed by atoms with Crippen molar-refractivity contribution in [1.29, 1.82) is 0 Å². The number of furan rings is 1. The van der Waals surface area contributed by atoms with Crippen LogP contribution in [0.25, 0.3) is 0 Å². The Hall–Kier alpha value is -1.54. The van der Waals surface area contributed by atoms with Crippen LogP contribution in [0.15, 0.2) is 41.0 Å². The third kappa shape index (κ3) is 2.98. The zero-order chi connectivity index (χ0) is 12.3. The Labute approximate surface area is 103 Å². The highest BCUT2D eigenvalue weighted by Crippen LogP contribution is 2.21. The van der Waals surface area contributed by atoms with Crippen LogP contribution in [-0.2, 0) is 6.42 Å². The summed E-state index contributed by atoms with van der Waals surface area (Å²) >= 11 is 0. The Morgan fingerprint density at radius 3 is 2.41 bits per heavy atom. The summed E-state index contributed by atoms with van der Waals surface area (Å²) in [5, 5.41) is 3.35. The fourth-order valence-corrected chi connectivity index (χ4v) is 2.23. The van der Waals surface area contributed by atoms with Crippen LogP contribution in [0, 0.1) is 13.8 Å². The SMILES string of the molecule is CNC(Cc1ccco1)c1cc(C)cc(C)c1. The number of hydrogen-bond acceptors (Lipinski definition) is 2. The molecule has 2 aromatic rings. The molecule has 2 nitrogen and oxygen atoms in total. The first-order valence-corrected chi connectivity index (χ1v) is 5.97. The van der Waals surface area contributed by atoms with Crippen molar-refractivity contribution in [3.05, 3.63) is 59.0 Å². The second kappa shape index (κ2) is 5.19. The number of nitrogens with one attached hydrogen (secondary N) is 1. The normalized spacial score (nSPS) is 12.6. The van der Waals surface area contributed by atoms with Crippen molar-refractivity contribution >= 4 is 0 Å². The first-order valence-electron chi connectivity index (χ1n) is 5.97. The third-order valence-corrected chi connectivity index (χ3v) is 2.98. The molecule has 0 radical (unpaired) electrons. The molecule has 17 heavy (non-hydrogen) atoms. The zero-order valence-corrected chi connectivity index (χ0v) is 10.7. The van der Waals surface area contributed by atoms with Gasteiger partial charge in [-0.3, -0.25) is 0 Å². The molecule has 1 N–H and O–H groups in total. The van der Waals surface area contributed by atoms with Crippen molar-refractivity contribution < 1.29 is 4.42 Å². The summed E-state index contributed by atoms with van der Waals surface area (Å²) in [6.45, 7) is 4.27. The maximum atomic E-state index is 5.41. The molecule has 0 aliphatic rings. The lowest BCUT2D eigenvalue weighted by atomic mass is 9.98. The molecule has 1 atom stereocenters. The molecule has 1 unspecified atom stereocenters. The van der Waals surface area contributed by atoms with Gasteiger partial charge in [-0.25, -0.2) is 0 Å². The predicted molar refractivity (Wildman–Crippen MR) is 70.1 cm³/mol. The molecule has 0 saturated carbocycles. The van der Waals surface area contributed by atoms with E-state index < -0.39 is 0 Å². The minimum atomic E-state index is 0.305. The van der Waals surface area contributed by atoms with E-state index in [0.29, 0.717) is 6.04 Å². The minimum Gasteiger partial charge on any atom is -0.469 e. The summed E-state index contributed by atoms with van der Waals surface area (Å²) in [6.07, 6.45) is 2.61. The molecule has 0 fully saturated rings. The third-order valence-electron chi connectivity index (χ3n) is 2.98. The van der Waals surface area contributed by atoms with E-state index in [1.54, 1.807) is 6.26 Å². The molecular formula is C15H19NO. The Morgan fingerprint density at radius 1 is 1.18 bits per heavy atom. The van der Waals surface area contributed by atoms with Gasteiger partial charge in [0, 0.05) is 12.5 Å². The van der Waals surface area contributed by atoms with Crippen molar-refractivity contribution in [3.8, 4) is 0 Å². The maximum Gasteiger partial charge on any atom is 0.105 e. The molecule has 0 aliphatic carbocycles. The van der Waals surface area contributed by atoms with Crippen LogP contribution in [0.2, 0.25) is 0 Å². The van der Waals surface area contributed by atoms with E-state index in [4.69, 9.17) is 4.42 Å². The number of aryl methyl sites for hydroxylation is 2. The van der Waals surface area contributed by atoms with E-state index >= 15 is 0 Å². The van der Waals surface area contributed by atoms with Gasteiger partial charge in [-0.2, -0.15) is 0 Å². The number of rotatable bonds is 4. The van der Waals surface area contributed by atoms with Crippen LogP contribution in [0.1, 0.15) is 28.5 Å². The topological polar surface area (TPSA) is 25.2 Å². The number of benzene rings is 1. The summed E-state index contributed by atoms with van der Waals surface area (Å²) in [5.41, 5.74) is 3.93. The van der Waals surface area contributed by atoms with Crippen LogP contribution in [0.5, 0.6) is 0 Å². The highest BCUT2D eigenvalue weighted by molar-refractivity contribution is 5.31. The zero-order valence-electron chi connectivity index (χ0n) is 10.7. The molecule has 0 amide bonds. The molecule has 1 aromatic carbocycles. The summed E-state index contributed by atoms with van der Waals surface area (Å²) in [6, 6.07) is 10.9. The second-order valence-electron chi connectivity index (χ2n) is 4.55. The van der Waals surface area contributed by atoms with Crippen molar-refractivity contribution in [2.75, 3.05) is 7.05 Å². The van der Waals surface area contributed by atoms with Gasteiger partial charge in [0.2, 0.25) is 0 Å². The molecule has 0 spiro atoms. The largest absolute Gasteiger partial charge is 0.469 e.